The lowest BCUT2D eigenvalue weighted by Crippen LogP contribution is -2.33. The highest BCUT2D eigenvalue weighted by atomic mass is 16.4. The van der Waals surface area contributed by atoms with Crippen LogP contribution >= 0.6 is 0 Å². The van der Waals surface area contributed by atoms with Crippen molar-refractivity contribution in [3.8, 4) is 6.07 Å². The second kappa shape index (κ2) is 3.22. The van der Waals surface area contributed by atoms with Gasteiger partial charge in [0, 0.05) is 5.46 Å². The summed E-state index contributed by atoms with van der Waals surface area (Å²) in [5.74, 6) is 0.177. The lowest BCUT2D eigenvalue weighted by Gasteiger charge is -2.00. The van der Waals surface area contributed by atoms with E-state index in [1.54, 1.807) is 6.07 Å². The zero-order valence-corrected chi connectivity index (χ0v) is 6.10. The Morgan fingerprint density at radius 2 is 2.17 bits per heavy atom. The van der Waals surface area contributed by atoms with E-state index in [0.29, 0.717) is 0 Å². The van der Waals surface area contributed by atoms with Crippen LogP contribution in [0.2, 0.25) is 0 Å². The van der Waals surface area contributed by atoms with Gasteiger partial charge in [-0.2, -0.15) is 5.26 Å². The number of nitriles is 1. The molecule has 0 bridgehead atoms. The SMILES string of the molecule is N#Cc1nc(N)ccc1B(O)O. The van der Waals surface area contributed by atoms with Crippen LogP contribution in [0.3, 0.4) is 0 Å². The molecule has 0 radical (unpaired) electrons. The smallest absolute Gasteiger partial charge is 0.423 e. The van der Waals surface area contributed by atoms with Crippen LogP contribution in [0.5, 0.6) is 0 Å². The minimum atomic E-state index is -1.69. The van der Waals surface area contributed by atoms with Crippen molar-refractivity contribution in [1.29, 1.82) is 5.26 Å². The lowest BCUT2D eigenvalue weighted by molar-refractivity contribution is 0.425. The largest absolute Gasteiger partial charge is 0.491 e. The van der Waals surface area contributed by atoms with Crippen LogP contribution in [0, 0.1) is 11.3 Å². The molecule has 1 heterocycles. The molecule has 0 amide bonds. The van der Waals surface area contributed by atoms with E-state index in [0.717, 1.165) is 0 Å². The van der Waals surface area contributed by atoms with Gasteiger partial charge in [-0.05, 0) is 6.07 Å². The first kappa shape index (κ1) is 8.52. The first-order valence-electron chi connectivity index (χ1n) is 3.18. The average Bonchev–Trinajstić information content (AvgIpc) is 2.03. The van der Waals surface area contributed by atoms with Crippen molar-refractivity contribution in [2.45, 2.75) is 0 Å². The number of nitrogen functional groups attached to an aromatic ring is 1. The zero-order valence-electron chi connectivity index (χ0n) is 6.10. The Morgan fingerprint density at radius 3 is 2.67 bits per heavy atom. The Hall–Kier alpha value is -1.58. The van der Waals surface area contributed by atoms with Gasteiger partial charge < -0.3 is 15.8 Å². The molecule has 0 saturated carbocycles. The summed E-state index contributed by atoms with van der Waals surface area (Å²) in [6.07, 6.45) is 0. The first-order valence-corrected chi connectivity index (χ1v) is 3.18. The number of pyridine rings is 1. The molecular weight excluding hydrogens is 157 g/mol. The highest BCUT2D eigenvalue weighted by Gasteiger charge is 2.16. The quantitative estimate of drug-likeness (QED) is 0.424. The number of nitrogens with two attached hydrogens (primary N) is 1. The molecule has 0 aromatic carbocycles. The average molecular weight is 163 g/mol. The van der Waals surface area contributed by atoms with Crippen LogP contribution in [0.4, 0.5) is 5.82 Å². The summed E-state index contributed by atoms with van der Waals surface area (Å²) in [7, 11) is -1.69. The van der Waals surface area contributed by atoms with Gasteiger partial charge in [-0.3, -0.25) is 0 Å². The summed E-state index contributed by atoms with van der Waals surface area (Å²) in [5, 5.41) is 26.0. The van der Waals surface area contributed by atoms with E-state index < -0.39 is 7.12 Å². The van der Waals surface area contributed by atoms with E-state index in [2.05, 4.69) is 4.98 Å². The van der Waals surface area contributed by atoms with Gasteiger partial charge in [0.05, 0.1) is 0 Å². The Labute approximate surface area is 69.2 Å². The molecule has 1 aromatic rings. The van der Waals surface area contributed by atoms with Crippen LogP contribution in [0.25, 0.3) is 0 Å². The van der Waals surface area contributed by atoms with Crippen molar-refractivity contribution >= 4 is 18.4 Å². The van der Waals surface area contributed by atoms with Crippen molar-refractivity contribution in [2.24, 2.45) is 0 Å². The Balaban J connectivity index is 3.23. The van der Waals surface area contributed by atoms with Gasteiger partial charge in [0.25, 0.3) is 0 Å². The molecule has 0 atom stereocenters. The minimum absolute atomic E-state index is 0.0618. The summed E-state index contributed by atoms with van der Waals surface area (Å²) in [5.41, 5.74) is 5.27. The molecule has 0 aliphatic rings. The topological polar surface area (TPSA) is 103 Å². The molecule has 60 valence electrons. The molecule has 4 N–H and O–H groups in total. The summed E-state index contributed by atoms with van der Waals surface area (Å²) >= 11 is 0. The highest BCUT2D eigenvalue weighted by Crippen LogP contribution is 1.97. The maximum atomic E-state index is 8.75. The first-order chi connectivity index (χ1) is 5.65. The van der Waals surface area contributed by atoms with E-state index in [1.165, 1.54) is 12.1 Å². The molecule has 1 aromatic heterocycles. The van der Waals surface area contributed by atoms with Gasteiger partial charge in [-0.25, -0.2) is 4.98 Å². The van der Waals surface area contributed by atoms with Crippen molar-refractivity contribution in [3.63, 3.8) is 0 Å². The third-order valence-electron chi connectivity index (χ3n) is 1.33. The molecule has 0 spiro atoms. The molecule has 0 fully saturated rings. The second-order valence-corrected chi connectivity index (χ2v) is 2.16. The predicted octanol–water partition coefficient (Wildman–Crippen LogP) is -1.78. The molecule has 0 saturated heterocycles. The summed E-state index contributed by atoms with van der Waals surface area (Å²) in [6.45, 7) is 0. The van der Waals surface area contributed by atoms with Crippen LogP contribution < -0.4 is 11.2 Å². The summed E-state index contributed by atoms with van der Waals surface area (Å²) in [4.78, 5) is 3.61. The van der Waals surface area contributed by atoms with Gasteiger partial charge in [-0.15, -0.1) is 0 Å². The maximum absolute atomic E-state index is 8.75. The summed E-state index contributed by atoms with van der Waals surface area (Å²) in [6, 6.07) is 4.46. The Morgan fingerprint density at radius 1 is 1.50 bits per heavy atom. The van der Waals surface area contributed by atoms with Gasteiger partial charge in [0.2, 0.25) is 0 Å². The third kappa shape index (κ3) is 1.53. The van der Waals surface area contributed by atoms with E-state index in [4.69, 9.17) is 21.0 Å². The number of anilines is 1. The molecule has 0 unspecified atom stereocenters. The van der Waals surface area contributed by atoms with E-state index >= 15 is 0 Å². The maximum Gasteiger partial charge on any atom is 0.491 e. The van der Waals surface area contributed by atoms with Gasteiger partial charge in [-0.1, -0.05) is 6.07 Å². The monoisotopic (exact) mass is 163 g/mol. The molecular formula is C6H6BN3O2. The molecule has 6 heteroatoms. The van der Waals surface area contributed by atoms with Crippen LogP contribution in [-0.4, -0.2) is 22.2 Å². The fourth-order valence-corrected chi connectivity index (χ4v) is 0.783. The van der Waals surface area contributed by atoms with Gasteiger partial charge >= 0.3 is 7.12 Å². The fraction of sp³-hybridized carbons (Fsp3) is 0. The van der Waals surface area contributed by atoms with Crippen molar-refractivity contribution in [2.75, 3.05) is 5.73 Å². The molecule has 12 heavy (non-hydrogen) atoms. The van der Waals surface area contributed by atoms with Crippen molar-refractivity contribution in [1.82, 2.24) is 4.98 Å². The van der Waals surface area contributed by atoms with Crippen LogP contribution in [0.15, 0.2) is 12.1 Å². The number of hydrogen-bond acceptors (Lipinski definition) is 5. The van der Waals surface area contributed by atoms with Gasteiger partial charge in [0.1, 0.15) is 17.6 Å². The number of hydrogen-bond donors (Lipinski definition) is 3. The lowest BCUT2D eigenvalue weighted by atomic mass is 9.79. The molecule has 5 nitrogen and oxygen atoms in total. The zero-order chi connectivity index (χ0) is 9.14. The number of aromatic nitrogens is 1. The number of rotatable bonds is 1. The van der Waals surface area contributed by atoms with Crippen LogP contribution in [0.1, 0.15) is 5.69 Å². The normalized spacial score (nSPS) is 9.08. The van der Waals surface area contributed by atoms with Crippen LogP contribution in [-0.2, 0) is 0 Å². The van der Waals surface area contributed by atoms with E-state index in [1.807, 2.05) is 0 Å². The Kier molecular flexibility index (Phi) is 2.28. The number of nitrogens with zero attached hydrogens (tertiary/aromatic N) is 2. The molecule has 0 aliphatic heterocycles. The standard InChI is InChI=1S/C6H6BN3O2/c8-3-5-4(7(11)12)1-2-6(9)10-5/h1-2,11-12H,(H2,9,10). The predicted molar refractivity (Wildman–Crippen MR) is 43.2 cm³/mol. The second-order valence-electron chi connectivity index (χ2n) is 2.16. The molecule has 1 rings (SSSR count). The third-order valence-corrected chi connectivity index (χ3v) is 1.33. The fourth-order valence-electron chi connectivity index (χ4n) is 0.783. The highest BCUT2D eigenvalue weighted by molar-refractivity contribution is 6.59. The molecule has 0 aliphatic carbocycles. The van der Waals surface area contributed by atoms with Gasteiger partial charge in [0.15, 0.2) is 0 Å². The Bertz CT molecular complexity index is 334. The van der Waals surface area contributed by atoms with E-state index in [-0.39, 0.29) is 17.0 Å². The van der Waals surface area contributed by atoms with E-state index in [9.17, 15) is 0 Å². The van der Waals surface area contributed by atoms with Crippen molar-refractivity contribution in [3.05, 3.63) is 17.8 Å². The van der Waals surface area contributed by atoms with Crippen molar-refractivity contribution < 1.29 is 10.0 Å². The summed E-state index contributed by atoms with van der Waals surface area (Å²) < 4.78 is 0. The minimum Gasteiger partial charge on any atom is -0.423 e.